The van der Waals surface area contributed by atoms with Crippen LogP contribution in [-0.2, 0) is 0 Å². The van der Waals surface area contributed by atoms with E-state index in [-0.39, 0.29) is 40.6 Å². The number of hydrogen-bond acceptors (Lipinski definition) is 5. The first-order valence-corrected chi connectivity index (χ1v) is 7.32. The molecule has 2 heterocycles. The van der Waals surface area contributed by atoms with Crippen molar-refractivity contribution in [3.63, 3.8) is 0 Å². The molecule has 0 amide bonds. The topological polar surface area (TPSA) is 65.7 Å². The van der Waals surface area contributed by atoms with Gasteiger partial charge in [-0.1, -0.05) is 6.42 Å². The first-order valence-electron chi connectivity index (χ1n) is 7.32. The van der Waals surface area contributed by atoms with Gasteiger partial charge in [0, 0.05) is 23.6 Å². The van der Waals surface area contributed by atoms with Gasteiger partial charge in [0.2, 0.25) is 0 Å². The van der Waals surface area contributed by atoms with E-state index in [1.165, 1.54) is 19.3 Å². The second kappa shape index (κ2) is 8.02. The maximum atomic E-state index is 11.6. The summed E-state index contributed by atoms with van der Waals surface area (Å²) in [6.07, 6.45) is 3.83. The van der Waals surface area contributed by atoms with Crippen LogP contribution in [0.2, 0.25) is 0 Å². The van der Waals surface area contributed by atoms with Crippen molar-refractivity contribution in [2.45, 2.75) is 19.3 Å². The second-order valence-corrected chi connectivity index (χ2v) is 5.34. The van der Waals surface area contributed by atoms with Crippen LogP contribution in [-0.4, -0.2) is 31.1 Å². The largest absolute Gasteiger partial charge is 1.00 e. The van der Waals surface area contributed by atoms with Crippen LogP contribution in [0.4, 0.5) is 0 Å². The van der Waals surface area contributed by atoms with E-state index in [1.54, 1.807) is 18.2 Å². The first-order chi connectivity index (χ1) is 10.2. The molecule has 22 heavy (non-hydrogen) atoms. The Kier molecular flexibility index (Phi) is 6.32. The Morgan fingerprint density at radius 2 is 1.95 bits per heavy atom. The Morgan fingerprint density at radius 1 is 1.18 bits per heavy atom. The third-order valence-electron chi connectivity index (χ3n) is 3.80. The Labute approximate surface area is 151 Å². The number of likely N-dealkylation sites (tertiary alicyclic amines) is 1. The summed E-state index contributed by atoms with van der Waals surface area (Å²) in [6.45, 7) is 3.75. The van der Waals surface area contributed by atoms with Gasteiger partial charge in [0.1, 0.15) is 12.4 Å². The molecule has 0 spiro atoms. The van der Waals surface area contributed by atoms with Gasteiger partial charge in [0.05, 0.1) is 5.95 Å². The summed E-state index contributed by atoms with van der Waals surface area (Å²) >= 11 is 0. The predicted molar refractivity (Wildman–Crippen MR) is 77.7 cm³/mol. The minimum Gasteiger partial charge on any atom is -0.578 e. The van der Waals surface area contributed by atoms with Gasteiger partial charge in [0.25, 0.3) is 0 Å². The summed E-state index contributed by atoms with van der Waals surface area (Å²) in [7, 11) is 0. The average Bonchev–Trinajstić information content (AvgIpc) is 2.48. The minimum absolute atomic E-state index is 0. The molecule has 112 valence electrons. The van der Waals surface area contributed by atoms with Gasteiger partial charge in [-0.3, -0.25) is 9.69 Å². The van der Waals surface area contributed by atoms with Gasteiger partial charge in [-0.25, -0.2) is 0 Å². The number of benzene rings is 1. The Morgan fingerprint density at radius 3 is 2.73 bits per heavy atom. The number of fused-ring (bicyclic) bond motifs is 1. The summed E-state index contributed by atoms with van der Waals surface area (Å²) in [5.41, 5.74) is -0.0379. The van der Waals surface area contributed by atoms with Crippen molar-refractivity contribution in [1.82, 2.24) is 4.90 Å². The smallest absolute Gasteiger partial charge is 0.578 e. The van der Waals surface area contributed by atoms with Gasteiger partial charge < -0.3 is 14.3 Å². The molecule has 1 aromatic carbocycles. The zero-order chi connectivity index (χ0) is 14.7. The van der Waals surface area contributed by atoms with Crippen LogP contribution in [0.25, 0.3) is 11.0 Å². The fraction of sp³-hybridized carbons (Fsp3) is 0.438. The third-order valence-corrected chi connectivity index (χ3v) is 3.80. The fourth-order valence-corrected chi connectivity index (χ4v) is 2.68. The Balaban J connectivity index is 0.00000176. The molecule has 3 rings (SSSR count). The molecule has 0 atom stereocenters. The minimum atomic E-state index is -0.627. The molecular formula is C16H18NNaO4. The second-order valence-electron chi connectivity index (χ2n) is 5.34. The van der Waals surface area contributed by atoms with Crippen molar-refractivity contribution in [1.29, 1.82) is 0 Å². The maximum absolute atomic E-state index is 11.6. The summed E-state index contributed by atoms with van der Waals surface area (Å²) < 4.78 is 10.7. The number of piperidine rings is 1. The van der Waals surface area contributed by atoms with E-state index in [0.29, 0.717) is 17.7 Å². The molecule has 5 nitrogen and oxygen atoms in total. The molecule has 1 aromatic heterocycles. The normalized spacial score (nSPS) is 15.5. The van der Waals surface area contributed by atoms with Crippen LogP contribution < -0.4 is 44.8 Å². The average molecular weight is 311 g/mol. The molecule has 0 bridgehead atoms. The van der Waals surface area contributed by atoms with Crippen molar-refractivity contribution in [2.75, 3.05) is 26.2 Å². The molecule has 0 unspecified atom stereocenters. The van der Waals surface area contributed by atoms with Crippen molar-refractivity contribution >= 4 is 11.0 Å². The maximum Gasteiger partial charge on any atom is 1.00 e. The number of ether oxygens (including phenoxy) is 1. The standard InChI is InChI=1S/C16H19NO4.Na/c18-14-11-16(19)21-15-10-12(4-5-13(14)15)20-9-8-17-6-2-1-3-7-17;/h4-5,10-11,19H,1-3,6-9H2;/q;+1/p-1. The fourth-order valence-electron chi connectivity index (χ4n) is 2.68. The van der Waals surface area contributed by atoms with Crippen LogP contribution in [0, 0.1) is 0 Å². The van der Waals surface area contributed by atoms with Gasteiger partial charge >= 0.3 is 29.6 Å². The van der Waals surface area contributed by atoms with Crippen LogP contribution >= 0.6 is 0 Å². The molecule has 1 aliphatic heterocycles. The summed E-state index contributed by atoms with van der Waals surface area (Å²) in [5.74, 6) is -0.00812. The third kappa shape index (κ3) is 4.26. The summed E-state index contributed by atoms with van der Waals surface area (Å²) in [6, 6.07) is 5.93. The Hall–Kier alpha value is -1.01. The quantitative estimate of drug-likeness (QED) is 0.659. The zero-order valence-corrected chi connectivity index (χ0v) is 14.8. The molecule has 1 fully saturated rings. The van der Waals surface area contributed by atoms with Gasteiger partial charge in [-0.2, -0.15) is 0 Å². The monoisotopic (exact) mass is 311 g/mol. The van der Waals surface area contributed by atoms with Gasteiger partial charge in [-0.05, 0) is 44.1 Å². The molecule has 2 aromatic rings. The number of nitrogens with zero attached hydrogens (tertiary/aromatic N) is 1. The molecular weight excluding hydrogens is 293 g/mol. The molecule has 0 radical (unpaired) electrons. The van der Waals surface area contributed by atoms with E-state index in [2.05, 4.69) is 4.90 Å². The van der Waals surface area contributed by atoms with E-state index >= 15 is 0 Å². The van der Waals surface area contributed by atoms with Crippen molar-refractivity contribution in [3.05, 3.63) is 34.5 Å². The van der Waals surface area contributed by atoms with E-state index < -0.39 is 5.95 Å². The van der Waals surface area contributed by atoms with Crippen LogP contribution in [0.15, 0.2) is 33.5 Å². The molecule has 0 N–H and O–H groups in total. The van der Waals surface area contributed by atoms with E-state index in [0.717, 1.165) is 25.7 Å². The SMILES string of the molecule is O=c1cc([O-])oc2cc(OCCN3CCCCC3)ccc12.[Na+]. The molecule has 0 aliphatic carbocycles. The molecule has 1 aliphatic rings. The van der Waals surface area contributed by atoms with E-state index in [1.807, 2.05) is 0 Å². The number of rotatable bonds is 4. The van der Waals surface area contributed by atoms with Crippen molar-refractivity contribution in [2.24, 2.45) is 0 Å². The molecule has 1 saturated heterocycles. The van der Waals surface area contributed by atoms with Crippen molar-refractivity contribution < 1.29 is 43.8 Å². The summed E-state index contributed by atoms with van der Waals surface area (Å²) in [5, 5.41) is 11.6. The van der Waals surface area contributed by atoms with Crippen LogP contribution in [0.1, 0.15) is 19.3 Å². The number of hydrogen-bond donors (Lipinski definition) is 0. The molecule has 0 saturated carbocycles. The van der Waals surface area contributed by atoms with Crippen LogP contribution in [0.5, 0.6) is 11.7 Å². The zero-order valence-electron chi connectivity index (χ0n) is 12.8. The molecule has 6 heteroatoms. The van der Waals surface area contributed by atoms with Crippen molar-refractivity contribution in [3.8, 4) is 11.7 Å². The van der Waals surface area contributed by atoms with Gasteiger partial charge in [-0.15, -0.1) is 0 Å². The Bertz CT molecular complexity index is 679. The van der Waals surface area contributed by atoms with E-state index in [9.17, 15) is 9.90 Å². The van der Waals surface area contributed by atoms with Gasteiger partial charge in [0.15, 0.2) is 5.43 Å². The predicted octanol–water partition coefficient (Wildman–Crippen LogP) is -1.26. The first kappa shape index (κ1) is 17.3. The van der Waals surface area contributed by atoms with E-state index in [4.69, 9.17) is 9.15 Å². The summed E-state index contributed by atoms with van der Waals surface area (Å²) in [4.78, 5) is 14.0. The van der Waals surface area contributed by atoms with Crippen LogP contribution in [0.3, 0.4) is 0 Å².